The number of morpholine rings is 1. The summed E-state index contributed by atoms with van der Waals surface area (Å²) in [5.74, 6) is -1.41. The molecule has 5 heteroatoms. The van der Waals surface area contributed by atoms with E-state index < -0.39 is 11.9 Å². The van der Waals surface area contributed by atoms with Gasteiger partial charge in [0.2, 0.25) is 0 Å². The van der Waals surface area contributed by atoms with Crippen molar-refractivity contribution in [2.75, 3.05) is 32.9 Å². The number of carbonyl (C=O) groups is 1. The number of aliphatic hydroxyl groups is 1. The van der Waals surface area contributed by atoms with Gasteiger partial charge in [-0.15, -0.1) is 0 Å². The second kappa shape index (κ2) is 6.65. The summed E-state index contributed by atoms with van der Waals surface area (Å²) < 4.78 is 5.30. The van der Waals surface area contributed by atoms with E-state index in [4.69, 9.17) is 4.74 Å². The molecule has 0 radical (unpaired) electrons. The molecule has 2 N–H and O–H groups in total. The number of carboxylic acid groups (broad SMARTS) is 1. The van der Waals surface area contributed by atoms with Crippen LogP contribution in [0, 0.1) is 0 Å². The maximum atomic E-state index is 11.4. The third-order valence-electron chi connectivity index (χ3n) is 3.48. The average molecular weight is 265 g/mol. The fraction of sp³-hybridized carbons (Fsp3) is 0.500. The summed E-state index contributed by atoms with van der Waals surface area (Å²) >= 11 is 0. The second-order valence-corrected chi connectivity index (χ2v) is 4.71. The van der Waals surface area contributed by atoms with Gasteiger partial charge in [0.05, 0.1) is 31.8 Å². The summed E-state index contributed by atoms with van der Waals surface area (Å²) in [6.07, 6.45) is 0. The normalized spacial score (nSPS) is 22.1. The number of benzene rings is 1. The number of carboxylic acids is 1. The summed E-state index contributed by atoms with van der Waals surface area (Å²) in [6, 6.07) is 9.09. The number of aliphatic hydroxyl groups excluding tert-OH is 1. The quantitative estimate of drug-likeness (QED) is 0.813. The van der Waals surface area contributed by atoms with Gasteiger partial charge >= 0.3 is 5.97 Å². The van der Waals surface area contributed by atoms with Gasteiger partial charge in [-0.05, 0) is 5.56 Å². The molecule has 1 aliphatic heterocycles. The smallest absolute Gasteiger partial charge is 0.312 e. The maximum absolute atomic E-state index is 11.4. The van der Waals surface area contributed by atoms with Gasteiger partial charge in [0.1, 0.15) is 0 Å². The number of nitrogens with zero attached hydrogens (tertiary/aromatic N) is 1. The summed E-state index contributed by atoms with van der Waals surface area (Å²) in [6.45, 7) is 2.08. The van der Waals surface area contributed by atoms with Crippen molar-refractivity contribution in [3.8, 4) is 0 Å². The Hall–Kier alpha value is -1.43. The first-order valence-corrected chi connectivity index (χ1v) is 6.42. The minimum Gasteiger partial charge on any atom is -0.481 e. The predicted octanol–water partition coefficient (Wildman–Crippen LogP) is 0.548. The van der Waals surface area contributed by atoms with Crippen molar-refractivity contribution in [2.45, 2.75) is 12.0 Å². The Morgan fingerprint density at radius 3 is 2.79 bits per heavy atom. The van der Waals surface area contributed by atoms with Crippen LogP contribution in [-0.2, 0) is 9.53 Å². The van der Waals surface area contributed by atoms with Crippen molar-refractivity contribution < 1.29 is 19.7 Å². The van der Waals surface area contributed by atoms with Crippen molar-refractivity contribution in [1.29, 1.82) is 0 Å². The molecule has 2 unspecified atom stereocenters. The molecule has 1 aliphatic rings. The van der Waals surface area contributed by atoms with Crippen LogP contribution in [0.3, 0.4) is 0 Å². The lowest BCUT2D eigenvalue weighted by Gasteiger charge is -2.35. The summed E-state index contributed by atoms with van der Waals surface area (Å²) in [7, 11) is 0. The van der Waals surface area contributed by atoms with Gasteiger partial charge in [-0.3, -0.25) is 9.69 Å². The van der Waals surface area contributed by atoms with E-state index >= 15 is 0 Å². The molecule has 1 saturated heterocycles. The van der Waals surface area contributed by atoms with Gasteiger partial charge in [0.25, 0.3) is 0 Å². The molecule has 0 aliphatic carbocycles. The van der Waals surface area contributed by atoms with Crippen LogP contribution in [0.15, 0.2) is 30.3 Å². The van der Waals surface area contributed by atoms with Crippen LogP contribution in [0.2, 0.25) is 0 Å². The standard InChI is InChI=1S/C14H19NO4/c16-9-12-10-19-7-6-15(12)8-13(14(17)18)11-4-2-1-3-5-11/h1-5,12-13,16H,6-10H2,(H,17,18). The molecule has 0 bridgehead atoms. The minimum absolute atomic E-state index is 0.0128. The highest BCUT2D eigenvalue weighted by atomic mass is 16.5. The molecule has 1 heterocycles. The third kappa shape index (κ3) is 3.53. The minimum atomic E-state index is -0.839. The topological polar surface area (TPSA) is 70.0 Å². The highest BCUT2D eigenvalue weighted by molar-refractivity contribution is 5.76. The van der Waals surface area contributed by atoms with Gasteiger partial charge in [0, 0.05) is 13.1 Å². The Bertz CT molecular complexity index is 409. The third-order valence-corrected chi connectivity index (χ3v) is 3.48. The van der Waals surface area contributed by atoms with Crippen LogP contribution in [0.25, 0.3) is 0 Å². The zero-order chi connectivity index (χ0) is 13.7. The Morgan fingerprint density at radius 1 is 1.42 bits per heavy atom. The molecule has 0 amide bonds. The fourth-order valence-electron chi connectivity index (χ4n) is 2.34. The molecule has 19 heavy (non-hydrogen) atoms. The first kappa shape index (κ1) is 14.0. The van der Waals surface area contributed by atoms with E-state index in [1.54, 1.807) is 0 Å². The van der Waals surface area contributed by atoms with E-state index in [1.165, 1.54) is 0 Å². The number of aliphatic carboxylic acids is 1. The Morgan fingerprint density at radius 2 is 2.16 bits per heavy atom. The largest absolute Gasteiger partial charge is 0.481 e. The zero-order valence-corrected chi connectivity index (χ0v) is 10.7. The van der Waals surface area contributed by atoms with Gasteiger partial charge in [-0.1, -0.05) is 30.3 Å². The molecule has 2 rings (SSSR count). The van der Waals surface area contributed by atoms with Crippen LogP contribution >= 0.6 is 0 Å². The first-order chi connectivity index (χ1) is 9.22. The summed E-state index contributed by atoms with van der Waals surface area (Å²) in [5.41, 5.74) is 0.790. The number of ether oxygens (including phenoxy) is 1. The second-order valence-electron chi connectivity index (χ2n) is 4.71. The first-order valence-electron chi connectivity index (χ1n) is 6.42. The molecule has 0 aromatic heterocycles. The van der Waals surface area contributed by atoms with Crippen LogP contribution in [0.4, 0.5) is 0 Å². The number of hydrogen-bond acceptors (Lipinski definition) is 4. The van der Waals surface area contributed by atoms with Crippen molar-refractivity contribution >= 4 is 5.97 Å². The average Bonchev–Trinajstić information content (AvgIpc) is 2.45. The highest BCUT2D eigenvalue weighted by Gasteiger charge is 2.28. The molecule has 1 aromatic carbocycles. The molecular weight excluding hydrogens is 246 g/mol. The monoisotopic (exact) mass is 265 g/mol. The fourth-order valence-corrected chi connectivity index (χ4v) is 2.34. The van der Waals surface area contributed by atoms with E-state index in [1.807, 2.05) is 35.2 Å². The zero-order valence-electron chi connectivity index (χ0n) is 10.7. The lowest BCUT2D eigenvalue weighted by molar-refractivity contribution is -0.140. The molecule has 1 aromatic rings. The molecule has 104 valence electrons. The molecule has 5 nitrogen and oxygen atoms in total. The van der Waals surface area contributed by atoms with Crippen LogP contribution in [0.5, 0.6) is 0 Å². The van der Waals surface area contributed by atoms with Gasteiger partial charge in [-0.25, -0.2) is 0 Å². The number of rotatable bonds is 5. The Labute approximate surface area is 112 Å². The molecule has 2 atom stereocenters. The van der Waals surface area contributed by atoms with Crippen LogP contribution < -0.4 is 0 Å². The van der Waals surface area contributed by atoms with Crippen molar-refractivity contribution in [1.82, 2.24) is 4.90 Å². The molecule has 1 fully saturated rings. The molecule has 0 spiro atoms. The Kier molecular flexibility index (Phi) is 4.90. The van der Waals surface area contributed by atoms with Crippen molar-refractivity contribution in [2.24, 2.45) is 0 Å². The summed E-state index contributed by atoms with van der Waals surface area (Å²) in [4.78, 5) is 13.4. The molecular formula is C14H19NO4. The van der Waals surface area contributed by atoms with Crippen molar-refractivity contribution in [3.05, 3.63) is 35.9 Å². The highest BCUT2D eigenvalue weighted by Crippen LogP contribution is 2.19. The van der Waals surface area contributed by atoms with E-state index in [0.29, 0.717) is 26.3 Å². The number of hydrogen-bond donors (Lipinski definition) is 2. The predicted molar refractivity (Wildman–Crippen MR) is 70.1 cm³/mol. The van der Waals surface area contributed by atoms with Crippen LogP contribution in [0.1, 0.15) is 11.5 Å². The van der Waals surface area contributed by atoms with E-state index in [9.17, 15) is 15.0 Å². The van der Waals surface area contributed by atoms with E-state index in [2.05, 4.69) is 0 Å². The van der Waals surface area contributed by atoms with Crippen molar-refractivity contribution in [3.63, 3.8) is 0 Å². The van der Waals surface area contributed by atoms with Crippen LogP contribution in [-0.4, -0.2) is 60.0 Å². The van der Waals surface area contributed by atoms with Gasteiger partial charge < -0.3 is 14.9 Å². The summed E-state index contributed by atoms with van der Waals surface area (Å²) in [5, 5.41) is 18.7. The molecule has 0 saturated carbocycles. The lowest BCUT2D eigenvalue weighted by atomic mass is 9.98. The SMILES string of the molecule is O=C(O)C(CN1CCOCC1CO)c1ccccc1. The van der Waals surface area contributed by atoms with E-state index in [-0.39, 0.29) is 12.6 Å². The van der Waals surface area contributed by atoms with E-state index in [0.717, 1.165) is 5.56 Å². The Balaban J connectivity index is 2.10. The lowest BCUT2D eigenvalue weighted by Crippen LogP contribution is -2.49. The van der Waals surface area contributed by atoms with Gasteiger partial charge in [0.15, 0.2) is 0 Å². The maximum Gasteiger partial charge on any atom is 0.312 e. The van der Waals surface area contributed by atoms with Gasteiger partial charge in [-0.2, -0.15) is 0 Å².